The topological polar surface area (TPSA) is 58.4 Å². The highest BCUT2D eigenvalue weighted by Crippen LogP contribution is 2.39. The van der Waals surface area contributed by atoms with Crippen LogP contribution in [-0.2, 0) is 0 Å². The van der Waals surface area contributed by atoms with Crippen LogP contribution in [0.4, 0.5) is 4.79 Å². The van der Waals surface area contributed by atoms with Crippen LogP contribution in [0, 0.1) is 5.41 Å². The van der Waals surface area contributed by atoms with Crippen LogP contribution in [0.25, 0.3) is 0 Å². The van der Waals surface area contributed by atoms with Crippen LogP contribution in [0.15, 0.2) is 16.9 Å². The molecule has 2 rings (SSSR count). The number of hydrogen-bond acceptors (Lipinski definition) is 2. The molecule has 0 aromatic carbocycles. The van der Waals surface area contributed by atoms with Gasteiger partial charge in [-0.05, 0) is 27.8 Å². The van der Waals surface area contributed by atoms with Crippen molar-refractivity contribution in [3.05, 3.63) is 16.9 Å². The molecule has 100 valence electrons. The summed E-state index contributed by atoms with van der Waals surface area (Å²) in [7, 11) is 0. The van der Waals surface area contributed by atoms with Crippen molar-refractivity contribution in [1.29, 1.82) is 0 Å². The first kappa shape index (κ1) is 13.4. The molecule has 0 radical (unpaired) electrons. The van der Waals surface area contributed by atoms with Crippen LogP contribution < -0.4 is 0 Å². The van der Waals surface area contributed by atoms with Crippen molar-refractivity contribution in [2.24, 2.45) is 5.41 Å². The minimum absolute atomic E-state index is 0.0539. The molecule has 1 N–H and O–H groups in total. The van der Waals surface area contributed by atoms with Crippen molar-refractivity contribution in [3.8, 4) is 0 Å². The summed E-state index contributed by atoms with van der Waals surface area (Å²) in [6.45, 7) is 6.79. The van der Waals surface area contributed by atoms with E-state index >= 15 is 0 Å². The number of halogens is 1. The highest BCUT2D eigenvalue weighted by Gasteiger charge is 2.45. The van der Waals surface area contributed by atoms with Crippen LogP contribution in [0.2, 0.25) is 0 Å². The summed E-state index contributed by atoms with van der Waals surface area (Å²) in [6, 6.07) is 0.0502. The van der Waals surface area contributed by atoms with E-state index in [2.05, 4.69) is 41.8 Å². The maximum absolute atomic E-state index is 11.3. The first-order valence-corrected chi connectivity index (χ1v) is 6.79. The first-order valence-electron chi connectivity index (χ1n) is 6.00. The van der Waals surface area contributed by atoms with Gasteiger partial charge in [0.1, 0.15) is 0 Å². The second kappa shape index (κ2) is 4.57. The highest BCUT2D eigenvalue weighted by atomic mass is 79.9. The van der Waals surface area contributed by atoms with Crippen molar-refractivity contribution in [3.63, 3.8) is 0 Å². The fraction of sp³-hybridized carbons (Fsp3) is 0.667. The van der Waals surface area contributed by atoms with Gasteiger partial charge in [-0.1, -0.05) is 20.8 Å². The lowest BCUT2D eigenvalue weighted by atomic mass is 9.83. The number of rotatable bonds is 1. The Balaban J connectivity index is 2.33. The zero-order valence-electron chi connectivity index (χ0n) is 10.8. The number of aromatic nitrogens is 2. The molecule has 1 aromatic rings. The first-order chi connectivity index (χ1) is 8.30. The van der Waals surface area contributed by atoms with Crippen LogP contribution in [0.1, 0.15) is 33.2 Å². The fourth-order valence-corrected chi connectivity index (χ4v) is 3.11. The van der Waals surface area contributed by atoms with Crippen LogP contribution >= 0.6 is 15.9 Å². The van der Waals surface area contributed by atoms with E-state index in [1.165, 1.54) is 0 Å². The highest BCUT2D eigenvalue weighted by molar-refractivity contribution is 9.10. The summed E-state index contributed by atoms with van der Waals surface area (Å²) in [5.74, 6) is 0. The average molecular weight is 316 g/mol. The smallest absolute Gasteiger partial charge is 0.407 e. The van der Waals surface area contributed by atoms with Gasteiger partial charge in [-0.15, -0.1) is 0 Å². The Morgan fingerprint density at radius 1 is 1.56 bits per heavy atom. The molecule has 1 fully saturated rings. The fourth-order valence-electron chi connectivity index (χ4n) is 2.81. The minimum Gasteiger partial charge on any atom is -0.465 e. The Bertz CT molecular complexity index is 452. The Labute approximate surface area is 115 Å². The monoisotopic (exact) mass is 315 g/mol. The van der Waals surface area contributed by atoms with Gasteiger partial charge in [-0.3, -0.25) is 4.68 Å². The Morgan fingerprint density at radius 3 is 2.67 bits per heavy atom. The number of hydrogen-bond donors (Lipinski definition) is 1. The van der Waals surface area contributed by atoms with E-state index in [4.69, 9.17) is 0 Å². The van der Waals surface area contributed by atoms with E-state index in [0.29, 0.717) is 6.54 Å². The summed E-state index contributed by atoms with van der Waals surface area (Å²) in [4.78, 5) is 12.9. The molecule has 1 aromatic heterocycles. The van der Waals surface area contributed by atoms with Gasteiger partial charge in [0, 0.05) is 12.7 Å². The van der Waals surface area contributed by atoms with Crippen LogP contribution in [0.3, 0.4) is 0 Å². The molecule has 18 heavy (non-hydrogen) atoms. The van der Waals surface area contributed by atoms with E-state index in [0.717, 1.165) is 10.9 Å². The van der Waals surface area contributed by atoms with Gasteiger partial charge in [-0.25, -0.2) is 4.79 Å². The van der Waals surface area contributed by atoms with E-state index in [1.807, 2.05) is 10.9 Å². The van der Waals surface area contributed by atoms with Crippen molar-refractivity contribution in [1.82, 2.24) is 14.7 Å². The standard InChI is InChI=1S/C12H18BrN3O2/c1-12(2,3)10-9(4-5-15(10)11(17)18)16-7-8(13)6-14-16/h6-7,9-10H,4-5H2,1-3H3,(H,17,18). The summed E-state index contributed by atoms with van der Waals surface area (Å²) >= 11 is 3.38. The Kier molecular flexibility index (Phi) is 3.40. The summed E-state index contributed by atoms with van der Waals surface area (Å²) in [5.41, 5.74) is -0.113. The van der Waals surface area contributed by atoms with Crippen molar-refractivity contribution in [2.45, 2.75) is 39.3 Å². The maximum Gasteiger partial charge on any atom is 0.407 e. The molecule has 1 aliphatic rings. The number of likely N-dealkylation sites (tertiary alicyclic amines) is 1. The SMILES string of the molecule is CC(C)(C)C1C(n2cc(Br)cn2)CCN1C(=O)O. The zero-order chi connectivity index (χ0) is 13.5. The number of carboxylic acid groups (broad SMARTS) is 1. The van der Waals surface area contributed by atoms with Gasteiger partial charge in [0.15, 0.2) is 0 Å². The van der Waals surface area contributed by atoms with Crippen molar-refractivity contribution >= 4 is 22.0 Å². The molecule has 2 heterocycles. The third-order valence-corrected chi connectivity index (χ3v) is 3.82. The van der Waals surface area contributed by atoms with E-state index < -0.39 is 6.09 Å². The molecular formula is C12H18BrN3O2. The lowest BCUT2D eigenvalue weighted by molar-refractivity contribution is 0.0906. The number of amides is 1. The number of nitrogens with zero attached hydrogens (tertiary/aromatic N) is 3. The lowest BCUT2D eigenvalue weighted by Gasteiger charge is -2.36. The molecule has 0 spiro atoms. The molecule has 2 atom stereocenters. The van der Waals surface area contributed by atoms with Gasteiger partial charge >= 0.3 is 6.09 Å². The molecule has 0 aliphatic carbocycles. The Morgan fingerprint density at radius 2 is 2.22 bits per heavy atom. The molecule has 1 saturated heterocycles. The normalized spacial score (nSPS) is 24.6. The second-order valence-corrected chi connectivity index (χ2v) is 6.70. The Hall–Kier alpha value is -1.04. The number of carbonyl (C=O) groups is 1. The maximum atomic E-state index is 11.3. The molecule has 6 heteroatoms. The van der Waals surface area contributed by atoms with Crippen LogP contribution in [0.5, 0.6) is 0 Å². The molecule has 0 bridgehead atoms. The summed E-state index contributed by atoms with van der Waals surface area (Å²) in [6.07, 6.45) is 3.61. The summed E-state index contributed by atoms with van der Waals surface area (Å²) < 4.78 is 2.80. The van der Waals surface area contributed by atoms with Gasteiger partial charge < -0.3 is 10.0 Å². The lowest BCUT2D eigenvalue weighted by Crippen LogP contribution is -2.46. The average Bonchev–Trinajstić information content (AvgIpc) is 2.80. The molecule has 5 nitrogen and oxygen atoms in total. The van der Waals surface area contributed by atoms with Crippen molar-refractivity contribution in [2.75, 3.05) is 6.54 Å². The molecule has 1 amide bonds. The molecule has 0 saturated carbocycles. The van der Waals surface area contributed by atoms with E-state index in [1.54, 1.807) is 11.1 Å². The minimum atomic E-state index is -0.844. The van der Waals surface area contributed by atoms with E-state index in [-0.39, 0.29) is 17.5 Å². The van der Waals surface area contributed by atoms with Gasteiger partial charge in [0.05, 0.1) is 22.8 Å². The zero-order valence-corrected chi connectivity index (χ0v) is 12.4. The largest absolute Gasteiger partial charge is 0.465 e. The predicted octanol–water partition coefficient (Wildman–Crippen LogP) is 2.99. The molecule has 1 aliphatic heterocycles. The molecular weight excluding hydrogens is 298 g/mol. The van der Waals surface area contributed by atoms with Gasteiger partial charge in [-0.2, -0.15) is 5.10 Å². The summed E-state index contributed by atoms with van der Waals surface area (Å²) in [5, 5.41) is 13.6. The van der Waals surface area contributed by atoms with Gasteiger partial charge in [0.2, 0.25) is 0 Å². The quantitative estimate of drug-likeness (QED) is 0.866. The third kappa shape index (κ3) is 2.39. The van der Waals surface area contributed by atoms with Gasteiger partial charge in [0.25, 0.3) is 0 Å². The molecule has 2 unspecified atom stereocenters. The third-order valence-electron chi connectivity index (χ3n) is 3.41. The predicted molar refractivity (Wildman–Crippen MR) is 71.6 cm³/mol. The second-order valence-electron chi connectivity index (χ2n) is 5.78. The van der Waals surface area contributed by atoms with E-state index in [9.17, 15) is 9.90 Å². The van der Waals surface area contributed by atoms with Crippen LogP contribution in [-0.4, -0.2) is 38.5 Å². The van der Waals surface area contributed by atoms with Crippen molar-refractivity contribution < 1.29 is 9.90 Å².